The zero-order chi connectivity index (χ0) is 17.5. The van der Waals surface area contributed by atoms with Gasteiger partial charge in [-0.05, 0) is 31.3 Å². The molecule has 9 heteroatoms. The molecule has 1 aliphatic carbocycles. The van der Waals surface area contributed by atoms with Crippen molar-refractivity contribution in [3.63, 3.8) is 0 Å². The molecule has 2 fully saturated rings. The molecule has 152 valence electrons. The van der Waals surface area contributed by atoms with Gasteiger partial charge >= 0.3 is 0 Å². The number of carbonyl (C=O) groups excluding carboxylic acids is 1. The minimum absolute atomic E-state index is 0. The van der Waals surface area contributed by atoms with E-state index >= 15 is 0 Å². The maximum absolute atomic E-state index is 10.9. The number of aromatic nitrogens is 2. The topological polar surface area (TPSA) is 90.4 Å². The number of hydrogen-bond donors (Lipinski definition) is 3. The average Bonchev–Trinajstić information content (AvgIpc) is 3.08. The summed E-state index contributed by atoms with van der Waals surface area (Å²) in [5.41, 5.74) is 2.25. The monoisotopic (exact) mass is 417 g/mol. The zero-order valence-electron chi connectivity index (χ0n) is 15.3. The molecule has 0 spiro atoms. The molecular formula is C18H29Cl2N5O2. The summed E-state index contributed by atoms with van der Waals surface area (Å²) in [4.78, 5) is 22.1. The van der Waals surface area contributed by atoms with Crippen molar-refractivity contribution in [3.05, 3.63) is 24.0 Å². The Morgan fingerprint density at radius 2 is 1.89 bits per heavy atom. The molecule has 1 atom stereocenters. The molecule has 0 unspecified atom stereocenters. The second-order valence-corrected chi connectivity index (χ2v) is 7.04. The van der Waals surface area contributed by atoms with Gasteiger partial charge in [0.05, 0.1) is 0 Å². The van der Waals surface area contributed by atoms with Crippen molar-refractivity contribution in [1.29, 1.82) is 0 Å². The Morgan fingerprint density at radius 3 is 2.56 bits per heavy atom. The van der Waals surface area contributed by atoms with E-state index in [2.05, 4.69) is 20.2 Å². The van der Waals surface area contributed by atoms with Crippen LogP contribution in [0.1, 0.15) is 44.1 Å². The molecule has 7 nitrogen and oxygen atoms in total. The molecule has 27 heavy (non-hydrogen) atoms. The van der Waals surface area contributed by atoms with E-state index in [0.29, 0.717) is 17.6 Å². The third kappa shape index (κ3) is 7.62. The van der Waals surface area contributed by atoms with Gasteiger partial charge in [-0.15, -0.1) is 24.8 Å². The molecule has 3 rings (SSSR count). The molecule has 1 saturated carbocycles. The smallest absolute Gasteiger partial charge is 0.267 e. The molecule has 2 aliphatic rings. The Hall–Kier alpha value is -1.41. The number of amides is 1. The van der Waals surface area contributed by atoms with E-state index in [-0.39, 0.29) is 24.8 Å². The summed E-state index contributed by atoms with van der Waals surface area (Å²) in [7, 11) is 0. The average molecular weight is 418 g/mol. The summed E-state index contributed by atoms with van der Waals surface area (Å²) in [6.07, 6.45) is 14.2. The lowest BCUT2D eigenvalue weighted by Gasteiger charge is -2.26. The van der Waals surface area contributed by atoms with Crippen LogP contribution in [0.15, 0.2) is 18.5 Å². The van der Waals surface area contributed by atoms with Crippen molar-refractivity contribution in [1.82, 2.24) is 20.3 Å². The highest BCUT2D eigenvalue weighted by Crippen LogP contribution is 2.26. The Kier molecular flexibility index (Phi) is 10.6. The first-order valence-corrected chi connectivity index (χ1v) is 9.16. The van der Waals surface area contributed by atoms with Gasteiger partial charge in [-0.1, -0.05) is 19.3 Å². The highest BCUT2D eigenvalue weighted by Gasteiger charge is 2.25. The number of hydrogen-bond acceptors (Lipinski definition) is 6. The van der Waals surface area contributed by atoms with Gasteiger partial charge in [0.2, 0.25) is 5.95 Å². The molecule has 2 heterocycles. The van der Waals surface area contributed by atoms with Gasteiger partial charge in [0.1, 0.15) is 0 Å². The lowest BCUT2D eigenvalue weighted by atomic mass is 9.89. The van der Waals surface area contributed by atoms with E-state index in [9.17, 15) is 4.79 Å². The summed E-state index contributed by atoms with van der Waals surface area (Å²) in [6, 6.07) is 0.394. The van der Waals surface area contributed by atoms with E-state index < -0.39 is 5.91 Å². The molecule has 1 saturated heterocycles. The van der Waals surface area contributed by atoms with Crippen LogP contribution in [0.5, 0.6) is 0 Å². The van der Waals surface area contributed by atoms with Gasteiger partial charge in [0, 0.05) is 49.7 Å². The van der Waals surface area contributed by atoms with Crippen LogP contribution in [-0.2, 0) is 4.79 Å². The van der Waals surface area contributed by atoms with Crippen molar-refractivity contribution in [2.24, 2.45) is 5.92 Å². The minimum Gasteiger partial charge on any atom is -0.350 e. The number of nitrogens with zero attached hydrogens (tertiary/aromatic N) is 3. The Bertz CT molecular complexity index is 594. The third-order valence-corrected chi connectivity index (χ3v) is 5.06. The Labute approximate surface area is 172 Å². The summed E-state index contributed by atoms with van der Waals surface area (Å²) in [5.74, 6) is 0.922. The summed E-state index contributed by atoms with van der Waals surface area (Å²) < 4.78 is 0. The number of hydroxylamine groups is 1. The highest BCUT2D eigenvalue weighted by atomic mass is 35.5. The van der Waals surface area contributed by atoms with Gasteiger partial charge < -0.3 is 10.2 Å². The molecule has 0 bridgehead atoms. The molecule has 0 aromatic carbocycles. The van der Waals surface area contributed by atoms with E-state index in [1.54, 1.807) is 23.9 Å². The first-order valence-electron chi connectivity index (χ1n) is 9.16. The van der Waals surface area contributed by atoms with Crippen LogP contribution < -0.4 is 10.8 Å². The van der Waals surface area contributed by atoms with Crippen LogP contribution in [0.4, 0.5) is 5.95 Å². The molecule has 1 aliphatic heterocycles. The van der Waals surface area contributed by atoms with Gasteiger partial charge in [-0.25, -0.2) is 15.4 Å². The maximum atomic E-state index is 10.9. The summed E-state index contributed by atoms with van der Waals surface area (Å²) >= 11 is 0. The standard InChI is InChI=1S/C18H27N5O2.2ClH/c24-17(22-25)7-6-15-10-19-18(20-11-15)21-16-8-9-23(13-16)12-14-4-2-1-3-5-14;;/h6-7,10-11,14,16,25H,1-5,8-9,12-13H2,(H,22,24)(H,19,20,21);2*1H/t16-;;/m1../s1. The molecule has 1 aromatic heterocycles. The first kappa shape index (κ1) is 23.6. The predicted octanol–water partition coefficient (Wildman–Crippen LogP) is 2.91. The fourth-order valence-corrected chi connectivity index (χ4v) is 3.74. The van der Waals surface area contributed by atoms with Crippen molar-refractivity contribution in [2.75, 3.05) is 25.0 Å². The van der Waals surface area contributed by atoms with E-state index in [1.807, 2.05) is 0 Å². The summed E-state index contributed by atoms with van der Waals surface area (Å²) in [6.45, 7) is 3.43. The quantitative estimate of drug-likeness (QED) is 0.374. The number of anilines is 1. The summed E-state index contributed by atoms with van der Waals surface area (Å²) in [5, 5.41) is 11.8. The number of rotatable bonds is 6. The first-order chi connectivity index (χ1) is 12.2. The van der Waals surface area contributed by atoms with Crippen molar-refractivity contribution >= 4 is 42.7 Å². The van der Waals surface area contributed by atoms with Gasteiger partial charge in [0.25, 0.3) is 5.91 Å². The zero-order valence-corrected chi connectivity index (χ0v) is 17.0. The number of halogens is 2. The Balaban J connectivity index is 0.00000182. The minimum atomic E-state index is -0.578. The Morgan fingerprint density at radius 1 is 1.19 bits per heavy atom. The number of nitrogens with one attached hydrogen (secondary N) is 2. The normalized spacial score (nSPS) is 20.7. The molecule has 1 amide bonds. The van der Waals surface area contributed by atoms with Crippen LogP contribution in [0.2, 0.25) is 0 Å². The van der Waals surface area contributed by atoms with Crippen LogP contribution in [0.3, 0.4) is 0 Å². The van der Waals surface area contributed by atoms with Crippen molar-refractivity contribution in [3.8, 4) is 0 Å². The number of carbonyl (C=O) groups is 1. The molecule has 3 N–H and O–H groups in total. The van der Waals surface area contributed by atoms with Crippen LogP contribution in [0, 0.1) is 5.92 Å². The third-order valence-electron chi connectivity index (χ3n) is 5.06. The van der Waals surface area contributed by atoms with Crippen molar-refractivity contribution < 1.29 is 10.0 Å². The highest BCUT2D eigenvalue weighted by molar-refractivity contribution is 5.90. The molecule has 1 aromatic rings. The van der Waals surface area contributed by atoms with Crippen molar-refractivity contribution in [2.45, 2.75) is 44.6 Å². The fourth-order valence-electron chi connectivity index (χ4n) is 3.74. The molecule has 0 radical (unpaired) electrons. The predicted molar refractivity (Wildman–Crippen MR) is 111 cm³/mol. The maximum Gasteiger partial charge on any atom is 0.267 e. The van der Waals surface area contributed by atoms with Crippen LogP contribution >= 0.6 is 24.8 Å². The SMILES string of the molecule is Cl.Cl.O=C(C=Cc1cnc(N[C@@H]2CCN(CC3CCCCC3)C2)nc1)NO. The largest absolute Gasteiger partial charge is 0.350 e. The lowest BCUT2D eigenvalue weighted by Crippen LogP contribution is -2.31. The lowest BCUT2D eigenvalue weighted by molar-refractivity contribution is -0.124. The van der Waals surface area contributed by atoms with E-state index in [1.165, 1.54) is 44.7 Å². The van der Waals surface area contributed by atoms with Gasteiger partial charge in [-0.3, -0.25) is 10.0 Å². The van der Waals surface area contributed by atoms with Gasteiger partial charge in [-0.2, -0.15) is 0 Å². The van der Waals surface area contributed by atoms with Crippen LogP contribution in [0.25, 0.3) is 6.08 Å². The second-order valence-electron chi connectivity index (χ2n) is 7.04. The fraction of sp³-hybridized carbons (Fsp3) is 0.611. The van der Waals surface area contributed by atoms with Crippen LogP contribution in [-0.4, -0.2) is 51.7 Å². The second kappa shape index (κ2) is 12.1. The van der Waals surface area contributed by atoms with E-state index in [0.717, 1.165) is 25.4 Å². The number of likely N-dealkylation sites (tertiary alicyclic amines) is 1. The molecular weight excluding hydrogens is 389 g/mol. The van der Waals surface area contributed by atoms with E-state index in [4.69, 9.17) is 5.21 Å². The van der Waals surface area contributed by atoms with Gasteiger partial charge in [0.15, 0.2) is 0 Å².